The minimum Gasteiger partial charge on any atom is -0.350 e. The Balaban J connectivity index is 1.48. The van der Waals surface area contributed by atoms with Gasteiger partial charge in [-0.05, 0) is 36.8 Å². The quantitative estimate of drug-likeness (QED) is 0.523. The Labute approximate surface area is 149 Å². The Bertz CT molecular complexity index is 1080. The highest BCUT2D eigenvalue weighted by atomic mass is 19.1. The third-order valence-electron chi connectivity index (χ3n) is 4.29. The predicted octanol–water partition coefficient (Wildman–Crippen LogP) is 3.94. The maximum absolute atomic E-state index is 13.5. The number of benzene rings is 2. The Morgan fingerprint density at radius 1 is 1.15 bits per heavy atom. The first-order chi connectivity index (χ1) is 12.6. The lowest BCUT2D eigenvalue weighted by Gasteiger charge is -2.01. The molecule has 0 aliphatic carbocycles. The zero-order chi connectivity index (χ0) is 18.1. The summed E-state index contributed by atoms with van der Waals surface area (Å²) in [7, 11) is 0. The van der Waals surface area contributed by atoms with E-state index < -0.39 is 0 Å². The fourth-order valence-electron chi connectivity index (χ4n) is 2.98. The molecule has 0 saturated carbocycles. The number of hydrogen-bond donors (Lipinski definition) is 3. The smallest absolute Gasteiger partial charge is 0.268 e. The number of hydrogen-bond acceptors (Lipinski definition) is 2. The van der Waals surface area contributed by atoms with Crippen LogP contribution >= 0.6 is 0 Å². The lowest BCUT2D eigenvalue weighted by Crippen LogP contribution is -2.23. The van der Waals surface area contributed by atoms with Crippen molar-refractivity contribution in [2.45, 2.75) is 13.5 Å². The van der Waals surface area contributed by atoms with Gasteiger partial charge in [0.2, 0.25) is 0 Å². The average molecular weight is 348 g/mol. The van der Waals surface area contributed by atoms with Crippen LogP contribution in [0.5, 0.6) is 0 Å². The fourth-order valence-corrected chi connectivity index (χ4v) is 2.98. The summed E-state index contributed by atoms with van der Waals surface area (Å²) in [5.74, 6) is -0.577. The third-order valence-corrected chi connectivity index (χ3v) is 4.29. The minimum absolute atomic E-state index is 0.253. The van der Waals surface area contributed by atoms with E-state index in [1.807, 2.05) is 43.3 Å². The number of fused-ring (bicyclic) bond motifs is 1. The maximum atomic E-state index is 13.5. The van der Waals surface area contributed by atoms with E-state index in [0.29, 0.717) is 17.8 Å². The molecule has 2 aromatic carbocycles. The zero-order valence-electron chi connectivity index (χ0n) is 14.1. The summed E-state index contributed by atoms with van der Waals surface area (Å²) in [6.07, 6.45) is 0. The SMILES string of the molecule is Cc1cc(F)cc2[nH]c(C(=O)NCc3cc(-c4ccccc4)n[nH]3)cc12. The van der Waals surface area contributed by atoms with Crippen LogP contribution in [0.2, 0.25) is 0 Å². The molecule has 6 heteroatoms. The van der Waals surface area contributed by atoms with Crippen LogP contribution in [0, 0.1) is 12.7 Å². The van der Waals surface area contributed by atoms with E-state index >= 15 is 0 Å². The number of aromatic amines is 2. The molecule has 2 aromatic heterocycles. The summed E-state index contributed by atoms with van der Waals surface area (Å²) in [6, 6.07) is 16.3. The number of carbonyl (C=O) groups excluding carboxylic acids is 1. The second kappa shape index (κ2) is 6.48. The molecule has 0 atom stereocenters. The molecule has 0 unspecified atom stereocenters. The first kappa shape index (κ1) is 16.1. The summed E-state index contributed by atoms with van der Waals surface area (Å²) in [6.45, 7) is 2.14. The molecule has 0 aliphatic heterocycles. The molecule has 0 radical (unpaired) electrons. The third kappa shape index (κ3) is 3.09. The van der Waals surface area contributed by atoms with Crippen molar-refractivity contribution in [3.05, 3.63) is 77.4 Å². The van der Waals surface area contributed by atoms with Gasteiger partial charge in [-0.25, -0.2) is 4.39 Å². The standard InChI is InChI=1S/C20H17FN4O/c1-12-7-14(21)8-18-16(12)10-19(23-18)20(26)22-11-15-9-17(25-24-15)13-5-3-2-4-6-13/h2-10,23H,11H2,1H3,(H,22,26)(H,24,25). The first-order valence-electron chi connectivity index (χ1n) is 8.27. The average Bonchev–Trinajstić information content (AvgIpc) is 3.27. The second-order valence-electron chi connectivity index (χ2n) is 6.19. The van der Waals surface area contributed by atoms with Gasteiger partial charge in [-0.2, -0.15) is 5.10 Å². The fraction of sp³-hybridized carbons (Fsp3) is 0.100. The van der Waals surface area contributed by atoms with Gasteiger partial charge in [-0.3, -0.25) is 9.89 Å². The number of amides is 1. The normalized spacial score (nSPS) is 11.0. The molecule has 0 saturated heterocycles. The number of aryl methyl sites for hydroxylation is 1. The van der Waals surface area contributed by atoms with Crippen LogP contribution in [0.15, 0.2) is 54.6 Å². The van der Waals surface area contributed by atoms with E-state index in [9.17, 15) is 9.18 Å². The molecule has 0 spiro atoms. The number of halogens is 1. The van der Waals surface area contributed by atoms with Gasteiger partial charge in [0.15, 0.2) is 0 Å². The van der Waals surface area contributed by atoms with Crippen molar-refractivity contribution in [3.63, 3.8) is 0 Å². The number of nitrogens with zero attached hydrogens (tertiary/aromatic N) is 1. The van der Waals surface area contributed by atoms with Crippen molar-refractivity contribution in [2.75, 3.05) is 0 Å². The van der Waals surface area contributed by atoms with Gasteiger partial charge in [0.25, 0.3) is 5.91 Å². The highest BCUT2D eigenvalue weighted by Gasteiger charge is 2.12. The topological polar surface area (TPSA) is 73.6 Å². The number of aromatic nitrogens is 3. The van der Waals surface area contributed by atoms with Crippen molar-refractivity contribution in [1.82, 2.24) is 20.5 Å². The number of carbonyl (C=O) groups is 1. The molecular weight excluding hydrogens is 331 g/mol. The van der Waals surface area contributed by atoms with E-state index in [4.69, 9.17) is 0 Å². The first-order valence-corrected chi connectivity index (χ1v) is 8.27. The molecule has 26 heavy (non-hydrogen) atoms. The Kier molecular flexibility index (Phi) is 4.01. The van der Waals surface area contributed by atoms with Crippen molar-refractivity contribution in [2.24, 2.45) is 0 Å². The van der Waals surface area contributed by atoms with Crippen molar-refractivity contribution < 1.29 is 9.18 Å². The van der Waals surface area contributed by atoms with Crippen LogP contribution in [0.3, 0.4) is 0 Å². The summed E-state index contributed by atoms with van der Waals surface area (Å²) in [4.78, 5) is 15.4. The highest BCUT2D eigenvalue weighted by molar-refractivity contribution is 5.98. The molecule has 130 valence electrons. The van der Waals surface area contributed by atoms with Crippen LogP contribution < -0.4 is 5.32 Å². The molecule has 0 bridgehead atoms. The Morgan fingerprint density at radius 2 is 1.96 bits per heavy atom. The monoisotopic (exact) mass is 348 g/mol. The van der Waals surface area contributed by atoms with Crippen LogP contribution in [-0.4, -0.2) is 21.1 Å². The molecule has 1 amide bonds. The largest absolute Gasteiger partial charge is 0.350 e. The van der Waals surface area contributed by atoms with E-state index in [-0.39, 0.29) is 11.7 Å². The van der Waals surface area contributed by atoms with Gasteiger partial charge in [-0.1, -0.05) is 30.3 Å². The van der Waals surface area contributed by atoms with Gasteiger partial charge < -0.3 is 10.3 Å². The summed E-state index contributed by atoms with van der Waals surface area (Å²) < 4.78 is 13.5. The summed E-state index contributed by atoms with van der Waals surface area (Å²) >= 11 is 0. The predicted molar refractivity (Wildman–Crippen MR) is 98.2 cm³/mol. The van der Waals surface area contributed by atoms with Crippen LogP contribution in [0.1, 0.15) is 21.7 Å². The van der Waals surface area contributed by atoms with Gasteiger partial charge in [0.05, 0.1) is 17.9 Å². The Morgan fingerprint density at radius 3 is 2.77 bits per heavy atom. The van der Waals surface area contributed by atoms with Gasteiger partial charge in [-0.15, -0.1) is 0 Å². The maximum Gasteiger partial charge on any atom is 0.268 e. The molecule has 5 nitrogen and oxygen atoms in total. The van der Waals surface area contributed by atoms with E-state index in [1.54, 1.807) is 6.07 Å². The molecule has 4 rings (SSSR count). The van der Waals surface area contributed by atoms with Crippen molar-refractivity contribution in [1.29, 1.82) is 0 Å². The summed E-state index contributed by atoms with van der Waals surface area (Å²) in [5, 5.41) is 10.9. The van der Waals surface area contributed by atoms with E-state index in [2.05, 4.69) is 20.5 Å². The number of rotatable bonds is 4. The van der Waals surface area contributed by atoms with Gasteiger partial charge in [0.1, 0.15) is 11.5 Å². The zero-order valence-corrected chi connectivity index (χ0v) is 14.1. The highest BCUT2D eigenvalue weighted by Crippen LogP contribution is 2.21. The van der Waals surface area contributed by atoms with E-state index in [1.165, 1.54) is 12.1 Å². The molecular formula is C20H17FN4O. The second-order valence-corrected chi connectivity index (χ2v) is 6.19. The lowest BCUT2D eigenvalue weighted by molar-refractivity contribution is 0.0946. The van der Waals surface area contributed by atoms with Crippen LogP contribution in [0.4, 0.5) is 4.39 Å². The molecule has 4 aromatic rings. The Hall–Kier alpha value is -3.41. The molecule has 3 N–H and O–H groups in total. The molecule has 2 heterocycles. The van der Waals surface area contributed by atoms with E-state index in [0.717, 1.165) is 27.9 Å². The van der Waals surface area contributed by atoms with Gasteiger partial charge >= 0.3 is 0 Å². The summed E-state index contributed by atoms with van der Waals surface area (Å²) in [5.41, 5.74) is 4.44. The number of H-pyrrole nitrogens is 2. The van der Waals surface area contributed by atoms with Crippen molar-refractivity contribution in [3.8, 4) is 11.3 Å². The minimum atomic E-state index is -0.324. The molecule has 0 aliphatic rings. The van der Waals surface area contributed by atoms with Crippen molar-refractivity contribution >= 4 is 16.8 Å². The number of nitrogens with one attached hydrogen (secondary N) is 3. The van der Waals surface area contributed by atoms with Crippen LogP contribution in [-0.2, 0) is 6.54 Å². The van der Waals surface area contributed by atoms with Crippen LogP contribution in [0.25, 0.3) is 22.2 Å². The lowest BCUT2D eigenvalue weighted by atomic mass is 10.1. The molecule has 0 fully saturated rings. The van der Waals surface area contributed by atoms with Gasteiger partial charge in [0, 0.05) is 16.5 Å².